The highest BCUT2D eigenvalue weighted by Gasteiger charge is 2.17. The van der Waals surface area contributed by atoms with Gasteiger partial charge in [-0.25, -0.2) is 4.57 Å². The minimum Gasteiger partial charge on any atom is -0.361 e. The molecular weight excluding hydrogens is 324 g/mol. The Bertz CT molecular complexity index is 998. The fourth-order valence-corrected chi connectivity index (χ4v) is 3.07. The number of nitrogens with zero attached hydrogens (tertiary/aromatic N) is 3. The van der Waals surface area contributed by atoms with Gasteiger partial charge in [-0.05, 0) is 37.6 Å². The highest BCUT2D eigenvalue weighted by atomic mass is 35.5. The third-order valence-electron chi connectivity index (χ3n) is 4.10. The van der Waals surface area contributed by atoms with Gasteiger partial charge in [-0.2, -0.15) is 0 Å². The number of fused-ring (bicyclic) bond motifs is 1. The summed E-state index contributed by atoms with van der Waals surface area (Å²) in [5.41, 5.74) is 5.92. The van der Waals surface area contributed by atoms with Crippen molar-refractivity contribution in [3.8, 4) is 11.1 Å². The van der Waals surface area contributed by atoms with Crippen LogP contribution in [0.3, 0.4) is 0 Å². The highest BCUT2D eigenvalue weighted by Crippen LogP contribution is 2.27. The van der Waals surface area contributed by atoms with Crippen LogP contribution in [0.15, 0.2) is 47.4 Å². The van der Waals surface area contributed by atoms with E-state index in [1.807, 2.05) is 50.6 Å². The predicted molar refractivity (Wildman–Crippen MR) is 91.8 cm³/mol. The fourth-order valence-electron chi connectivity index (χ4n) is 2.94. The number of benzene rings is 1. The van der Waals surface area contributed by atoms with E-state index in [1.54, 1.807) is 0 Å². The lowest BCUT2D eigenvalue weighted by atomic mass is 10.1. The second-order valence-electron chi connectivity index (χ2n) is 5.82. The van der Waals surface area contributed by atoms with E-state index < -0.39 is 0 Å². The maximum Gasteiger partial charge on any atom is 0.301 e. The SMILES string of the molecule is Cc1noc(C)c1-c1cnc2c(c1)[nH]c[n+]2Cc1ccc(Cl)cc1. The summed E-state index contributed by atoms with van der Waals surface area (Å²) < 4.78 is 7.33. The molecule has 0 radical (unpaired) electrons. The number of imidazole rings is 1. The Kier molecular flexibility index (Phi) is 3.58. The summed E-state index contributed by atoms with van der Waals surface area (Å²) in [7, 11) is 0. The first-order chi connectivity index (χ1) is 11.6. The average molecular weight is 340 g/mol. The third kappa shape index (κ3) is 2.57. The summed E-state index contributed by atoms with van der Waals surface area (Å²) in [4.78, 5) is 7.91. The predicted octanol–water partition coefficient (Wildman–Crippen LogP) is 3.82. The van der Waals surface area contributed by atoms with Gasteiger partial charge in [0, 0.05) is 10.6 Å². The molecule has 0 spiro atoms. The first kappa shape index (κ1) is 14.9. The fraction of sp³-hybridized carbons (Fsp3) is 0.167. The molecule has 6 heteroatoms. The molecule has 0 atom stereocenters. The summed E-state index contributed by atoms with van der Waals surface area (Å²) in [5.74, 6) is 0.800. The molecule has 0 aliphatic heterocycles. The van der Waals surface area contributed by atoms with Gasteiger partial charge in [-0.1, -0.05) is 28.9 Å². The molecule has 0 saturated carbocycles. The molecule has 120 valence electrons. The van der Waals surface area contributed by atoms with Crippen LogP contribution in [-0.4, -0.2) is 15.1 Å². The molecule has 0 fully saturated rings. The Hall–Kier alpha value is -2.66. The molecule has 4 aromatic rings. The summed E-state index contributed by atoms with van der Waals surface area (Å²) in [6.07, 6.45) is 3.80. The van der Waals surface area contributed by atoms with Crippen LogP contribution in [0.1, 0.15) is 17.0 Å². The molecule has 0 aliphatic carbocycles. The minimum atomic E-state index is 0.731. The summed E-state index contributed by atoms with van der Waals surface area (Å²) in [5, 5.41) is 4.75. The Morgan fingerprint density at radius 1 is 1.21 bits per heavy atom. The van der Waals surface area contributed by atoms with Gasteiger partial charge in [0.05, 0.1) is 17.8 Å². The van der Waals surface area contributed by atoms with Gasteiger partial charge in [0.25, 0.3) is 0 Å². The van der Waals surface area contributed by atoms with Crippen LogP contribution in [0, 0.1) is 13.8 Å². The van der Waals surface area contributed by atoms with Crippen molar-refractivity contribution in [2.24, 2.45) is 0 Å². The zero-order valence-electron chi connectivity index (χ0n) is 13.4. The Morgan fingerprint density at radius 3 is 2.71 bits per heavy atom. The molecule has 0 unspecified atom stereocenters. The molecule has 1 N–H and O–H groups in total. The van der Waals surface area contributed by atoms with Crippen LogP contribution in [0.4, 0.5) is 0 Å². The quantitative estimate of drug-likeness (QED) is 0.577. The van der Waals surface area contributed by atoms with Crippen LogP contribution in [0.2, 0.25) is 5.02 Å². The van der Waals surface area contributed by atoms with E-state index in [-0.39, 0.29) is 0 Å². The number of aryl methyl sites for hydroxylation is 2. The number of nitrogens with one attached hydrogen (secondary N) is 1. The van der Waals surface area contributed by atoms with E-state index in [0.717, 1.165) is 45.3 Å². The largest absolute Gasteiger partial charge is 0.361 e. The lowest BCUT2D eigenvalue weighted by molar-refractivity contribution is -0.664. The first-order valence-electron chi connectivity index (χ1n) is 7.66. The van der Waals surface area contributed by atoms with Gasteiger partial charge in [-0.3, -0.25) is 4.98 Å². The van der Waals surface area contributed by atoms with Crippen molar-refractivity contribution in [1.29, 1.82) is 0 Å². The zero-order valence-corrected chi connectivity index (χ0v) is 14.1. The van der Waals surface area contributed by atoms with Crippen molar-refractivity contribution >= 4 is 22.8 Å². The first-order valence-corrected chi connectivity index (χ1v) is 8.04. The van der Waals surface area contributed by atoms with Gasteiger partial charge in [-0.15, -0.1) is 4.98 Å². The van der Waals surface area contributed by atoms with Gasteiger partial charge in [0.15, 0.2) is 11.8 Å². The average Bonchev–Trinajstić information content (AvgIpc) is 3.12. The zero-order chi connectivity index (χ0) is 16.7. The highest BCUT2D eigenvalue weighted by molar-refractivity contribution is 6.30. The van der Waals surface area contributed by atoms with Crippen molar-refractivity contribution in [3.05, 3.63) is 64.9 Å². The Labute approximate surface area is 143 Å². The third-order valence-corrected chi connectivity index (χ3v) is 4.35. The molecule has 1 aromatic carbocycles. The lowest BCUT2D eigenvalue weighted by Crippen LogP contribution is -2.33. The van der Waals surface area contributed by atoms with Crippen molar-refractivity contribution < 1.29 is 9.09 Å². The normalized spacial score (nSPS) is 11.3. The second kappa shape index (κ2) is 5.76. The molecular formula is C18H16ClN4O+. The number of halogens is 1. The topological polar surface area (TPSA) is 58.6 Å². The van der Waals surface area contributed by atoms with Crippen molar-refractivity contribution in [2.75, 3.05) is 0 Å². The van der Waals surface area contributed by atoms with Crippen LogP contribution >= 0.6 is 11.6 Å². The summed E-state index contributed by atoms with van der Waals surface area (Å²) in [6.45, 7) is 4.58. The molecule has 0 aliphatic rings. The van der Waals surface area contributed by atoms with Gasteiger partial charge >= 0.3 is 5.65 Å². The second-order valence-corrected chi connectivity index (χ2v) is 6.26. The van der Waals surface area contributed by atoms with E-state index in [9.17, 15) is 0 Å². The number of aromatic nitrogens is 4. The molecule has 24 heavy (non-hydrogen) atoms. The van der Waals surface area contributed by atoms with Gasteiger partial charge in [0.2, 0.25) is 0 Å². The molecule has 4 rings (SSSR count). The van der Waals surface area contributed by atoms with Crippen molar-refractivity contribution in [2.45, 2.75) is 20.4 Å². The smallest absolute Gasteiger partial charge is 0.301 e. The number of H-pyrrole nitrogens is 1. The molecule has 3 aromatic heterocycles. The molecule has 5 nitrogen and oxygen atoms in total. The maximum absolute atomic E-state index is 5.94. The van der Waals surface area contributed by atoms with Crippen molar-refractivity contribution in [1.82, 2.24) is 15.1 Å². The summed E-state index contributed by atoms with van der Waals surface area (Å²) >= 11 is 5.94. The van der Waals surface area contributed by atoms with Crippen LogP contribution in [-0.2, 0) is 6.54 Å². The molecule has 0 bridgehead atoms. The standard InChI is InChI=1S/C18H15ClN4O/c1-11-17(12(2)24-22-11)14-7-16-18(20-8-14)23(10-21-16)9-13-3-5-15(19)6-4-13/h3-8,10H,9H2,1-2H3/p+1. The Morgan fingerprint density at radius 2 is 2.00 bits per heavy atom. The number of rotatable bonds is 3. The molecule has 3 heterocycles. The van der Waals surface area contributed by atoms with E-state index in [2.05, 4.69) is 25.8 Å². The summed E-state index contributed by atoms with van der Waals surface area (Å²) in [6, 6.07) is 9.91. The number of pyridine rings is 1. The Balaban J connectivity index is 1.72. The molecule has 0 amide bonds. The van der Waals surface area contributed by atoms with Gasteiger partial charge in [0.1, 0.15) is 12.0 Å². The van der Waals surface area contributed by atoms with E-state index in [1.165, 1.54) is 5.56 Å². The van der Waals surface area contributed by atoms with Crippen LogP contribution in [0.5, 0.6) is 0 Å². The number of hydrogen-bond donors (Lipinski definition) is 1. The minimum absolute atomic E-state index is 0.731. The number of hydrogen-bond acceptors (Lipinski definition) is 3. The van der Waals surface area contributed by atoms with Crippen LogP contribution in [0.25, 0.3) is 22.3 Å². The van der Waals surface area contributed by atoms with Crippen LogP contribution < -0.4 is 4.57 Å². The maximum atomic E-state index is 5.94. The monoisotopic (exact) mass is 339 g/mol. The van der Waals surface area contributed by atoms with E-state index in [0.29, 0.717) is 0 Å². The van der Waals surface area contributed by atoms with E-state index in [4.69, 9.17) is 16.1 Å². The number of aromatic amines is 1. The van der Waals surface area contributed by atoms with E-state index >= 15 is 0 Å². The van der Waals surface area contributed by atoms with Gasteiger partial charge < -0.3 is 4.52 Å². The molecule has 0 saturated heterocycles. The van der Waals surface area contributed by atoms with Crippen molar-refractivity contribution in [3.63, 3.8) is 0 Å². The lowest BCUT2D eigenvalue weighted by Gasteiger charge is -2.00.